The van der Waals surface area contributed by atoms with Crippen LogP contribution in [0, 0.1) is 0 Å². The molecule has 4 rings (SSSR count). The van der Waals surface area contributed by atoms with Gasteiger partial charge in [0.05, 0.1) is 37.4 Å². The number of rotatable bonds is 17. The van der Waals surface area contributed by atoms with Gasteiger partial charge in [-0.2, -0.15) is 0 Å². The van der Waals surface area contributed by atoms with Crippen LogP contribution in [-0.4, -0.2) is 84.0 Å². The van der Waals surface area contributed by atoms with Crippen molar-refractivity contribution in [2.45, 2.75) is 75.5 Å². The Hall–Kier alpha value is -2.12. The van der Waals surface area contributed by atoms with E-state index < -0.39 is 10.0 Å². The number of ether oxygens (including phenoxy) is 3. The first kappa shape index (κ1) is 35.7. The van der Waals surface area contributed by atoms with Crippen LogP contribution in [0.1, 0.15) is 63.2 Å². The number of hydrogen-bond acceptors (Lipinski definition) is 7. The molecule has 1 heterocycles. The van der Waals surface area contributed by atoms with Crippen molar-refractivity contribution in [2.75, 3.05) is 52.6 Å². The maximum absolute atomic E-state index is 12.9. The minimum absolute atomic E-state index is 0.111. The van der Waals surface area contributed by atoms with E-state index in [0.717, 1.165) is 49.8 Å². The van der Waals surface area contributed by atoms with E-state index >= 15 is 0 Å². The van der Waals surface area contributed by atoms with E-state index in [-0.39, 0.29) is 36.2 Å². The molecule has 0 saturated carbocycles. The summed E-state index contributed by atoms with van der Waals surface area (Å²) in [6, 6.07) is 10.5. The molecule has 0 aromatic heterocycles. The first-order valence-electron chi connectivity index (χ1n) is 15.9. The molecule has 0 radical (unpaired) electrons. The van der Waals surface area contributed by atoms with Gasteiger partial charge in [0.1, 0.15) is 11.9 Å². The Labute approximate surface area is 277 Å². The number of hydrogen-bond donors (Lipinski definition) is 3. The Morgan fingerprint density at radius 1 is 0.978 bits per heavy atom. The molecular formula is C32H46Cl2N4O6S. The van der Waals surface area contributed by atoms with Gasteiger partial charge in [0.15, 0.2) is 0 Å². The number of nitrogens with one attached hydrogen (secondary N) is 3. The first-order chi connectivity index (χ1) is 21.7. The number of likely N-dealkylation sites (tertiary alicyclic amines) is 1. The molecule has 1 fully saturated rings. The minimum atomic E-state index is -3.73. The molecule has 3 N–H and O–H groups in total. The quantitative estimate of drug-likeness (QED) is 0.193. The maximum Gasteiger partial charge on any atom is 0.314 e. The molecule has 0 spiro atoms. The topological polar surface area (TPSA) is 118 Å². The van der Waals surface area contributed by atoms with Gasteiger partial charge in [-0.05, 0) is 81.1 Å². The van der Waals surface area contributed by atoms with Crippen molar-refractivity contribution in [3.63, 3.8) is 0 Å². The van der Waals surface area contributed by atoms with Gasteiger partial charge in [0.25, 0.3) is 0 Å². The number of sulfonamides is 1. The second-order valence-electron chi connectivity index (χ2n) is 11.5. The number of nitrogens with zero attached hydrogens (tertiary/aromatic N) is 1. The van der Waals surface area contributed by atoms with Crippen LogP contribution in [0.25, 0.3) is 0 Å². The molecule has 10 nitrogen and oxygen atoms in total. The molecule has 0 bridgehead atoms. The fourth-order valence-electron chi connectivity index (χ4n) is 5.84. The number of halogens is 2. The number of carbonyl (C=O) groups excluding carboxylic acids is 1. The molecule has 250 valence electrons. The lowest BCUT2D eigenvalue weighted by atomic mass is 9.99. The summed E-state index contributed by atoms with van der Waals surface area (Å²) < 4.78 is 45.7. The van der Waals surface area contributed by atoms with E-state index in [2.05, 4.69) is 34.1 Å². The van der Waals surface area contributed by atoms with Crippen LogP contribution in [0.2, 0.25) is 10.0 Å². The highest BCUT2D eigenvalue weighted by Crippen LogP contribution is 2.44. The second-order valence-corrected chi connectivity index (χ2v) is 14.1. The fourth-order valence-corrected chi connectivity index (χ4v) is 7.44. The molecule has 2 aromatic rings. The number of amides is 2. The standard InChI is InChI=1S/C32H46Cl2N4O6S/c1-3-4-12-35-32(39)36-13-16-42-18-19-43-17-14-37-45(40,41)26-10-8-25(9-11-26)44-31-28-20-24(33)21-29(34)27(28)22-30(31)38-15-6-5-7-23(38)2/h8-11,20-21,23,30-31,37H,3-7,12-19,22H2,1-2H3,(H2,35,36,39)/t23-,30+,31+/m1/s1. The highest BCUT2D eigenvalue weighted by Gasteiger charge is 2.41. The van der Waals surface area contributed by atoms with Crippen molar-refractivity contribution in [2.24, 2.45) is 0 Å². The molecule has 1 aliphatic carbocycles. The van der Waals surface area contributed by atoms with Crippen molar-refractivity contribution >= 4 is 39.3 Å². The lowest BCUT2D eigenvalue weighted by Crippen LogP contribution is -2.47. The predicted octanol–water partition coefficient (Wildman–Crippen LogP) is 5.32. The molecule has 2 aliphatic rings. The van der Waals surface area contributed by atoms with Gasteiger partial charge in [-0.25, -0.2) is 17.9 Å². The van der Waals surface area contributed by atoms with Gasteiger partial charge in [-0.1, -0.05) is 43.0 Å². The zero-order valence-corrected chi connectivity index (χ0v) is 28.5. The monoisotopic (exact) mass is 684 g/mol. The summed E-state index contributed by atoms with van der Waals surface area (Å²) in [5.74, 6) is 0.577. The number of unbranched alkanes of at least 4 members (excludes halogenated alkanes) is 1. The summed E-state index contributed by atoms with van der Waals surface area (Å²) in [4.78, 5) is 14.2. The molecule has 13 heteroatoms. The summed E-state index contributed by atoms with van der Waals surface area (Å²) >= 11 is 13.0. The van der Waals surface area contributed by atoms with Gasteiger partial charge < -0.3 is 24.8 Å². The Balaban J connectivity index is 1.22. The Bertz CT molecular complexity index is 1350. The zero-order chi connectivity index (χ0) is 32.2. The Morgan fingerprint density at radius 3 is 2.40 bits per heavy atom. The van der Waals surface area contributed by atoms with Gasteiger partial charge in [-0.15, -0.1) is 0 Å². The van der Waals surface area contributed by atoms with E-state index in [4.69, 9.17) is 37.4 Å². The largest absolute Gasteiger partial charge is 0.484 e. The summed E-state index contributed by atoms with van der Waals surface area (Å²) in [5, 5.41) is 6.71. The Morgan fingerprint density at radius 2 is 1.69 bits per heavy atom. The second kappa shape index (κ2) is 17.7. The van der Waals surface area contributed by atoms with Gasteiger partial charge >= 0.3 is 6.03 Å². The SMILES string of the molecule is CCCCNC(=O)NCCOCCOCCNS(=O)(=O)c1ccc(O[C@H]2c3cc(Cl)cc(Cl)c3C[C@@H]2N2CCCC[C@H]2C)cc1. The normalized spacial score (nSPS) is 20.1. The van der Waals surface area contributed by atoms with Gasteiger partial charge in [0, 0.05) is 41.3 Å². The van der Waals surface area contributed by atoms with E-state index in [1.54, 1.807) is 30.3 Å². The molecule has 1 saturated heterocycles. The van der Waals surface area contributed by atoms with Gasteiger partial charge in [0.2, 0.25) is 10.0 Å². The molecular weight excluding hydrogens is 639 g/mol. The van der Waals surface area contributed by atoms with Crippen molar-refractivity contribution in [1.82, 2.24) is 20.3 Å². The van der Waals surface area contributed by atoms with E-state index in [0.29, 0.717) is 54.7 Å². The van der Waals surface area contributed by atoms with Crippen LogP contribution >= 0.6 is 23.2 Å². The van der Waals surface area contributed by atoms with Crippen LogP contribution in [-0.2, 0) is 25.9 Å². The van der Waals surface area contributed by atoms with Crippen LogP contribution in [0.15, 0.2) is 41.3 Å². The molecule has 0 unspecified atom stereocenters. The molecule has 3 atom stereocenters. The summed E-state index contributed by atoms with van der Waals surface area (Å²) in [7, 11) is -3.73. The molecule has 2 aromatic carbocycles. The molecule has 45 heavy (non-hydrogen) atoms. The van der Waals surface area contributed by atoms with E-state index in [1.807, 2.05) is 6.07 Å². The fraction of sp³-hybridized carbons (Fsp3) is 0.594. The zero-order valence-electron chi connectivity index (χ0n) is 26.2. The minimum Gasteiger partial charge on any atom is -0.484 e. The lowest BCUT2D eigenvalue weighted by molar-refractivity contribution is 0.0343. The number of piperidine rings is 1. The van der Waals surface area contributed by atoms with Crippen LogP contribution in [0.5, 0.6) is 5.75 Å². The van der Waals surface area contributed by atoms with Crippen LogP contribution < -0.4 is 20.1 Å². The first-order valence-corrected chi connectivity index (χ1v) is 18.1. The summed E-state index contributed by atoms with van der Waals surface area (Å²) in [6.45, 7) is 7.72. The van der Waals surface area contributed by atoms with Gasteiger partial charge in [-0.3, -0.25) is 4.90 Å². The highest BCUT2D eigenvalue weighted by atomic mass is 35.5. The smallest absolute Gasteiger partial charge is 0.314 e. The van der Waals surface area contributed by atoms with Crippen molar-refractivity contribution in [1.29, 1.82) is 0 Å². The lowest BCUT2D eigenvalue weighted by Gasteiger charge is -2.40. The van der Waals surface area contributed by atoms with Crippen molar-refractivity contribution in [3.8, 4) is 5.75 Å². The molecule has 2 amide bonds. The highest BCUT2D eigenvalue weighted by molar-refractivity contribution is 7.89. The summed E-state index contributed by atoms with van der Waals surface area (Å²) in [6.07, 6.45) is 5.99. The van der Waals surface area contributed by atoms with Crippen LogP contribution in [0.3, 0.4) is 0 Å². The van der Waals surface area contributed by atoms with E-state index in [1.165, 1.54) is 6.42 Å². The van der Waals surface area contributed by atoms with Crippen molar-refractivity contribution in [3.05, 3.63) is 57.6 Å². The number of fused-ring (bicyclic) bond motifs is 1. The molecule has 1 aliphatic heterocycles. The van der Waals surface area contributed by atoms with Crippen molar-refractivity contribution < 1.29 is 27.4 Å². The number of carbonyl (C=O) groups is 1. The predicted molar refractivity (Wildman–Crippen MR) is 177 cm³/mol. The third-order valence-electron chi connectivity index (χ3n) is 8.20. The number of urea groups is 1. The maximum atomic E-state index is 12.9. The number of benzene rings is 2. The Kier molecular flexibility index (Phi) is 14.1. The average molecular weight is 686 g/mol. The third kappa shape index (κ3) is 10.4. The average Bonchev–Trinajstić information content (AvgIpc) is 3.36. The summed E-state index contributed by atoms with van der Waals surface area (Å²) in [5.41, 5.74) is 2.05. The van der Waals surface area contributed by atoms with E-state index in [9.17, 15) is 13.2 Å². The van der Waals surface area contributed by atoms with Crippen LogP contribution in [0.4, 0.5) is 4.79 Å². The third-order valence-corrected chi connectivity index (χ3v) is 10.2.